The number of sulfone groups is 1. The minimum Gasteiger partial charge on any atom is -0.315 e. The van der Waals surface area contributed by atoms with E-state index in [0.29, 0.717) is 10.7 Å². The summed E-state index contributed by atoms with van der Waals surface area (Å²) in [6.07, 6.45) is 0. The quantitative estimate of drug-likeness (QED) is 0.652. The van der Waals surface area contributed by atoms with Crippen molar-refractivity contribution >= 4 is 54.3 Å². The number of nitrogens with zero attached hydrogens (tertiary/aromatic N) is 2. The number of halogens is 1. The van der Waals surface area contributed by atoms with Gasteiger partial charge in [-0.25, -0.2) is 8.42 Å². The van der Waals surface area contributed by atoms with Gasteiger partial charge < -0.3 is 4.90 Å². The molecule has 0 bridgehead atoms. The summed E-state index contributed by atoms with van der Waals surface area (Å²) < 4.78 is 25.4. The van der Waals surface area contributed by atoms with Crippen LogP contribution in [0.4, 0.5) is 5.69 Å². The SMILES string of the molecule is Cc1cc(Br)cc(C)c1N1C(=NC(=O)c2ccccc2)S[C@H]2CS(=O)(=O)C[C@@H]21. The van der Waals surface area contributed by atoms with Crippen LogP contribution in [0.1, 0.15) is 21.5 Å². The molecule has 0 spiro atoms. The maximum atomic E-state index is 12.7. The Morgan fingerprint density at radius 2 is 1.79 bits per heavy atom. The van der Waals surface area contributed by atoms with Crippen molar-refractivity contribution in [3.63, 3.8) is 0 Å². The van der Waals surface area contributed by atoms with Gasteiger partial charge in [-0.3, -0.25) is 4.79 Å². The number of hydrogen-bond acceptors (Lipinski definition) is 4. The molecule has 2 saturated heterocycles. The third-order valence-electron chi connectivity index (χ3n) is 4.98. The molecule has 0 radical (unpaired) electrons. The van der Waals surface area contributed by atoms with Crippen LogP contribution in [-0.4, -0.2) is 42.3 Å². The summed E-state index contributed by atoms with van der Waals surface area (Å²) >= 11 is 4.91. The molecule has 28 heavy (non-hydrogen) atoms. The van der Waals surface area contributed by atoms with E-state index in [-0.39, 0.29) is 28.7 Å². The zero-order valence-corrected chi connectivity index (χ0v) is 18.6. The van der Waals surface area contributed by atoms with Gasteiger partial charge >= 0.3 is 0 Å². The van der Waals surface area contributed by atoms with E-state index in [2.05, 4.69) is 20.9 Å². The first-order chi connectivity index (χ1) is 13.2. The Morgan fingerprint density at radius 1 is 1.14 bits per heavy atom. The molecule has 8 heteroatoms. The average molecular weight is 479 g/mol. The highest BCUT2D eigenvalue weighted by atomic mass is 79.9. The smallest absolute Gasteiger partial charge is 0.279 e. The van der Waals surface area contributed by atoms with Crippen LogP contribution in [-0.2, 0) is 9.84 Å². The van der Waals surface area contributed by atoms with E-state index in [1.165, 1.54) is 11.8 Å². The second kappa shape index (κ2) is 7.31. The Hall–Kier alpha value is -1.64. The molecule has 4 rings (SSSR count). The first kappa shape index (κ1) is 19.7. The number of thioether (sulfide) groups is 1. The minimum atomic E-state index is -3.10. The lowest BCUT2D eigenvalue weighted by molar-refractivity contribution is 0.100. The summed E-state index contributed by atoms with van der Waals surface area (Å²) in [6.45, 7) is 3.98. The van der Waals surface area contributed by atoms with Gasteiger partial charge in [-0.1, -0.05) is 45.9 Å². The van der Waals surface area contributed by atoms with Crippen LogP contribution in [0.3, 0.4) is 0 Å². The summed E-state index contributed by atoms with van der Waals surface area (Å²) in [5.41, 5.74) is 3.47. The molecule has 2 heterocycles. The highest BCUT2D eigenvalue weighted by Gasteiger charge is 2.50. The van der Waals surface area contributed by atoms with Crippen molar-refractivity contribution in [3.8, 4) is 0 Å². The van der Waals surface area contributed by atoms with Crippen LogP contribution in [0.25, 0.3) is 0 Å². The van der Waals surface area contributed by atoms with E-state index in [1.807, 2.05) is 36.9 Å². The standard InChI is InChI=1S/C20H19BrN2O3S2/c1-12-8-15(21)9-13(2)18(12)23-16-10-28(25,26)11-17(16)27-20(23)22-19(24)14-6-4-3-5-7-14/h3-9,16-17H,10-11H2,1-2H3/t16-,17-/m0/s1. The number of anilines is 1. The largest absolute Gasteiger partial charge is 0.315 e. The topological polar surface area (TPSA) is 66.8 Å². The molecule has 2 aliphatic heterocycles. The molecule has 2 aromatic carbocycles. The summed E-state index contributed by atoms with van der Waals surface area (Å²) in [5.74, 6) is -0.118. The van der Waals surface area contributed by atoms with Crippen molar-refractivity contribution in [1.82, 2.24) is 0 Å². The molecule has 1 amide bonds. The number of carbonyl (C=O) groups excluding carboxylic acids is 1. The Bertz CT molecular complexity index is 1060. The van der Waals surface area contributed by atoms with Gasteiger partial charge in [-0.05, 0) is 49.2 Å². The molecule has 0 unspecified atom stereocenters. The predicted octanol–water partition coefficient (Wildman–Crippen LogP) is 3.98. The molecule has 146 valence electrons. The fourth-order valence-electron chi connectivity index (χ4n) is 3.84. The van der Waals surface area contributed by atoms with E-state index in [1.54, 1.807) is 24.3 Å². The zero-order valence-electron chi connectivity index (χ0n) is 15.4. The lowest BCUT2D eigenvalue weighted by Gasteiger charge is -2.28. The van der Waals surface area contributed by atoms with Crippen molar-refractivity contribution in [2.45, 2.75) is 25.1 Å². The van der Waals surface area contributed by atoms with Gasteiger partial charge in [0.25, 0.3) is 5.91 Å². The Morgan fingerprint density at radius 3 is 2.43 bits per heavy atom. The molecule has 5 nitrogen and oxygen atoms in total. The highest BCUT2D eigenvalue weighted by Crippen LogP contribution is 2.43. The van der Waals surface area contributed by atoms with Gasteiger partial charge in [0, 0.05) is 21.0 Å². The molecular formula is C20H19BrN2O3S2. The molecule has 0 aromatic heterocycles. The number of aryl methyl sites for hydroxylation is 2. The maximum Gasteiger partial charge on any atom is 0.279 e. The number of aliphatic imine (C=N–C) groups is 1. The summed E-state index contributed by atoms with van der Waals surface area (Å²) in [6, 6.07) is 12.7. The number of fused-ring (bicyclic) bond motifs is 1. The third-order valence-corrected chi connectivity index (χ3v) is 8.65. The normalized spacial score (nSPS) is 24.5. The molecule has 2 fully saturated rings. The van der Waals surface area contributed by atoms with Crippen molar-refractivity contribution in [2.24, 2.45) is 4.99 Å². The maximum absolute atomic E-state index is 12.7. The van der Waals surface area contributed by atoms with Crippen molar-refractivity contribution in [2.75, 3.05) is 16.4 Å². The van der Waals surface area contributed by atoms with E-state index in [9.17, 15) is 13.2 Å². The molecule has 0 saturated carbocycles. The van der Waals surface area contributed by atoms with E-state index < -0.39 is 9.84 Å². The van der Waals surface area contributed by atoms with Gasteiger partial charge in [-0.15, -0.1) is 0 Å². The van der Waals surface area contributed by atoms with Crippen LogP contribution in [0.2, 0.25) is 0 Å². The van der Waals surface area contributed by atoms with Crippen LogP contribution < -0.4 is 4.90 Å². The Labute approximate surface area is 177 Å². The van der Waals surface area contributed by atoms with E-state index >= 15 is 0 Å². The van der Waals surface area contributed by atoms with E-state index in [4.69, 9.17) is 0 Å². The predicted molar refractivity (Wildman–Crippen MR) is 118 cm³/mol. The number of amides is 1. The van der Waals surface area contributed by atoms with Crippen LogP contribution >= 0.6 is 27.7 Å². The number of carbonyl (C=O) groups is 1. The fraction of sp³-hybridized carbons (Fsp3) is 0.300. The highest BCUT2D eigenvalue weighted by molar-refractivity contribution is 9.10. The molecule has 0 N–H and O–H groups in total. The molecule has 0 aliphatic carbocycles. The molecule has 2 aliphatic rings. The van der Waals surface area contributed by atoms with Crippen molar-refractivity contribution in [1.29, 1.82) is 0 Å². The molecule has 2 aromatic rings. The van der Waals surface area contributed by atoms with E-state index in [0.717, 1.165) is 21.3 Å². The van der Waals surface area contributed by atoms with Gasteiger partial charge in [0.1, 0.15) is 0 Å². The van der Waals surface area contributed by atoms with Gasteiger partial charge in [0.15, 0.2) is 15.0 Å². The monoisotopic (exact) mass is 478 g/mol. The van der Waals surface area contributed by atoms with Gasteiger partial charge in [0.2, 0.25) is 0 Å². The lowest BCUT2D eigenvalue weighted by Crippen LogP contribution is -2.38. The Kier molecular flexibility index (Phi) is 5.14. The minimum absolute atomic E-state index is 0.0815. The van der Waals surface area contributed by atoms with Crippen LogP contribution in [0.5, 0.6) is 0 Å². The fourth-order valence-corrected chi connectivity index (χ4v) is 8.43. The summed E-state index contributed by atoms with van der Waals surface area (Å²) in [5, 5.41) is 0.460. The number of rotatable bonds is 2. The number of amidine groups is 1. The first-order valence-electron chi connectivity index (χ1n) is 8.86. The van der Waals surface area contributed by atoms with Crippen LogP contribution in [0, 0.1) is 13.8 Å². The van der Waals surface area contributed by atoms with Crippen LogP contribution in [0.15, 0.2) is 51.9 Å². The summed E-state index contributed by atoms with van der Waals surface area (Å²) in [7, 11) is -3.10. The summed E-state index contributed by atoms with van der Waals surface area (Å²) in [4.78, 5) is 19.1. The number of benzene rings is 2. The second-order valence-corrected chi connectivity index (χ2v) is 11.4. The first-order valence-corrected chi connectivity index (χ1v) is 12.4. The number of hydrogen-bond donors (Lipinski definition) is 0. The van der Waals surface area contributed by atoms with Gasteiger partial charge in [0.05, 0.1) is 17.5 Å². The van der Waals surface area contributed by atoms with Crippen molar-refractivity contribution in [3.05, 3.63) is 63.6 Å². The molecule has 2 atom stereocenters. The molecular weight excluding hydrogens is 460 g/mol. The van der Waals surface area contributed by atoms with Crippen molar-refractivity contribution < 1.29 is 13.2 Å². The van der Waals surface area contributed by atoms with Gasteiger partial charge in [-0.2, -0.15) is 4.99 Å². The zero-order chi connectivity index (χ0) is 20.1. The second-order valence-electron chi connectivity index (χ2n) is 7.12. The average Bonchev–Trinajstić information content (AvgIpc) is 3.07. The Balaban J connectivity index is 1.81. The third kappa shape index (κ3) is 3.65. The lowest BCUT2D eigenvalue weighted by atomic mass is 10.1.